The zero-order chi connectivity index (χ0) is 12.0. The molecule has 3 aromatic rings. The number of H-pyrrole nitrogens is 1. The lowest BCUT2D eigenvalue weighted by molar-refractivity contribution is 0.112. The minimum atomic E-state index is -0.430. The van der Waals surface area contributed by atoms with Crippen molar-refractivity contribution in [3.63, 3.8) is 0 Å². The molecule has 2 heterocycles. The molecule has 0 unspecified atom stereocenters. The van der Waals surface area contributed by atoms with Crippen LogP contribution in [0.3, 0.4) is 0 Å². The van der Waals surface area contributed by atoms with E-state index in [0.717, 1.165) is 10.9 Å². The first kappa shape index (κ1) is 9.84. The van der Waals surface area contributed by atoms with E-state index in [4.69, 9.17) is 4.42 Å². The van der Waals surface area contributed by atoms with E-state index < -0.39 is 5.63 Å². The van der Waals surface area contributed by atoms with Crippen molar-refractivity contribution in [2.45, 2.75) is 6.92 Å². The smallest absolute Gasteiger partial charge is 0.345 e. The molecule has 0 fully saturated rings. The number of aromatic amines is 1. The van der Waals surface area contributed by atoms with E-state index in [-0.39, 0.29) is 0 Å². The number of aromatic nitrogens is 1. The fourth-order valence-corrected chi connectivity index (χ4v) is 2.00. The van der Waals surface area contributed by atoms with Gasteiger partial charge in [0.1, 0.15) is 5.58 Å². The average Bonchev–Trinajstić information content (AvgIpc) is 2.75. The molecule has 0 amide bonds. The highest BCUT2D eigenvalue weighted by molar-refractivity contribution is 6.04. The minimum absolute atomic E-state index is 0.376. The number of hydrogen-bond donors (Lipinski definition) is 1. The summed E-state index contributed by atoms with van der Waals surface area (Å²) in [5.74, 6) is 0. The van der Waals surface area contributed by atoms with Gasteiger partial charge >= 0.3 is 5.63 Å². The quantitative estimate of drug-likeness (QED) is 0.512. The van der Waals surface area contributed by atoms with Crippen LogP contribution in [0.4, 0.5) is 0 Å². The van der Waals surface area contributed by atoms with E-state index in [1.54, 1.807) is 6.07 Å². The molecule has 0 saturated heterocycles. The SMILES string of the molecule is Cc1ccc2oc(=O)c3cc(C=O)[nH]c3c2c1. The van der Waals surface area contributed by atoms with Crippen LogP contribution in [0.5, 0.6) is 0 Å². The summed E-state index contributed by atoms with van der Waals surface area (Å²) in [5.41, 5.74) is 2.19. The first-order valence-electron chi connectivity index (χ1n) is 5.20. The van der Waals surface area contributed by atoms with Crippen molar-refractivity contribution in [2.24, 2.45) is 0 Å². The van der Waals surface area contributed by atoms with E-state index in [9.17, 15) is 9.59 Å². The Morgan fingerprint density at radius 2 is 2.06 bits per heavy atom. The Labute approximate surface area is 95.9 Å². The Kier molecular flexibility index (Phi) is 1.92. The number of aryl methyl sites for hydroxylation is 1. The lowest BCUT2D eigenvalue weighted by atomic mass is 10.1. The topological polar surface area (TPSA) is 63.1 Å². The zero-order valence-corrected chi connectivity index (χ0v) is 9.11. The van der Waals surface area contributed by atoms with Gasteiger partial charge in [-0.1, -0.05) is 11.6 Å². The maximum Gasteiger partial charge on any atom is 0.345 e. The van der Waals surface area contributed by atoms with Crippen molar-refractivity contribution in [3.8, 4) is 0 Å². The molecule has 0 radical (unpaired) electrons. The standard InChI is InChI=1S/C13H9NO3/c1-7-2-3-11-9(4-7)12-10(13(16)17-11)5-8(6-15)14-12/h2-6,14H,1H3. The number of carbonyl (C=O) groups is 1. The number of fused-ring (bicyclic) bond motifs is 3. The number of carbonyl (C=O) groups excluding carboxylic acids is 1. The Morgan fingerprint density at radius 1 is 1.24 bits per heavy atom. The molecule has 1 aromatic carbocycles. The van der Waals surface area contributed by atoms with Gasteiger partial charge in [-0.05, 0) is 25.1 Å². The van der Waals surface area contributed by atoms with Gasteiger partial charge in [-0.3, -0.25) is 4.79 Å². The van der Waals surface area contributed by atoms with E-state index in [2.05, 4.69) is 4.98 Å². The van der Waals surface area contributed by atoms with Gasteiger partial charge in [0.15, 0.2) is 6.29 Å². The maximum atomic E-state index is 11.7. The zero-order valence-electron chi connectivity index (χ0n) is 9.11. The molecule has 2 aromatic heterocycles. The highest BCUT2D eigenvalue weighted by Gasteiger charge is 2.10. The van der Waals surface area contributed by atoms with Gasteiger partial charge in [0.05, 0.1) is 16.6 Å². The second-order valence-corrected chi connectivity index (χ2v) is 4.02. The molecule has 0 aliphatic heterocycles. The largest absolute Gasteiger partial charge is 0.422 e. The molecule has 84 valence electrons. The summed E-state index contributed by atoms with van der Waals surface area (Å²) in [7, 11) is 0. The van der Waals surface area contributed by atoms with Crippen LogP contribution in [-0.2, 0) is 0 Å². The van der Waals surface area contributed by atoms with Crippen LogP contribution in [0.2, 0.25) is 0 Å². The molecule has 4 heteroatoms. The summed E-state index contributed by atoms with van der Waals surface area (Å²) >= 11 is 0. The molecule has 0 aliphatic carbocycles. The minimum Gasteiger partial charge on any atom is -0.422 e. The second-order valence-electron chi connectivity index (χ2n) is 4.02. The van der Waals surface area contributed by atoms with Crippen molar-refractivity contribution >= 4 is 28.2 Å². The molecule has 1 N–H and O–H groups in total. The third-order valence-electron chi connectivity index (χ3n) is 2.79. The summed E-state index contributed by atoms with van der Waals surface area (Å²) in [6.07, 6.45) is 0.682. The molecular weight excluding hydrogens is 218 g/mol. The average molecular weight is 227 g/mol. The normalized spacial score (nSPS) is 11.1. The van der Waals surface area contributed by atoms with Crippen LogP contribution >= 0.6 is 0 Å². The lowest BCUT2D eigenvalue weighted by Gasteiger charge is -1.99. The van der Waals surface area contributed by atoms with Gasteiger partial charge in [0.25, 0.3) is 0 Å². The van der Waals surface area contributed by atoms with E-state index in [1.807, 2.05) is 19.1 Å². The highest BCUT2D eigenvalue weighted by atomic mass is 16.4. The molecular formula is C13H9NO3. The predicted octanol–water partition coefficient (Wildman–Crippen LogP) is 2.40. The number of nitrogens with one attached hydrogen (secondary N) is 1. The van der Waals surface area contributed by atoms with Crippen molar-refractivity contribution in [1.29, 1.82) is 0 Å². The van der Waals surface area contributed by atoms with Crippen molar-refractivity contribution in [3.05, 3.63) is 45.9 Å². The molecule has 17 heavy (non-hydrogen) atoms. The maximum absolute atomic E-state index is 11.7. The van der Waals surface area contributed by atoms with Gasteiger partial charge in [-0.15, -0.1) is 0 Å². The van der Waals surface area contributed by atoms with Crippen LogP contribution < -0.4 is 5.63 Å². The van der Waals surface area contributed by atoms with Crippen LogP contribution in [0.1, 0.15) is 16.1 Å². The fraction of sp³-hybridized carbons (Fsp3) is 0.0769. The molecule has 3 rings (SSSR count). The number of hydrogen-bond acceptors (Lipinski definition) is 3. The Morgan fingerprint density at radius 3 is 2.82 bits per heavy atom. The molecule has 0 atom stereocenters. The molecule has 4 nitrogen and oxygen atoms in total. The van der Waals surface area contributed by atoms with E-state index in [1.165, 1.54) is 6.07 Å². The third-order valence-corrected chi connectivity index (χ3v) is 2.79. The van der Waals surface area contributed by atoms with Gasteiger partial charge < -0.3 is 9.40 Å². The molecule has 0 aliphatic rings. The number of benzene rings is 1. The van der Waals surface area contributed by atoms with Gasteiger partial charge in [-0.2, -0.15) is 0 Å². The number of rotatable bonds is 1. The highest BCUT2D eigenvalue weighted by Crippen LogP contribution is 2.23. The summed E-state index contributed by atoms with van der Waals surface area (Å²) in [4.78, 5) is 25.4. The van der Waals surface area contributed by atoms with Crippen LogP contribution in [0.15, 0.2) is 33.5 Å². The molecule has 0 spiro atoms. The third kappa shape index (κ3) is 1.38. The van der Waals surface area contributed by atoms with Gasteiger partial charge in [-0.25, -0.2) is 4.79 Å². The Balaban J connectivity index is 2.60. The first-order chi connectivity index (χ1) is 8.19. The summed E-state index contributed by atoms with van der Waals surface area (Å²) < 4.78 is 5.20. The molecule has 0 bridgehead atoms. The van der Waals surface area contributed by atoms with Crippen molar-refractivity contribution < 1.29 is 9.21 Å². The summed E-state index contributed by atoms with van der Waals surface area (Å²) in [6.45, 7) is 1.96. The van der Waals surface area contributed by atoms with E-state index in [0.29, 0.717) is 28.5 Å². The van der Waals surface area contributed by atoms with Gasteiger partial charge in [0, 0.05) is 5.39 Å². The van der Waals surface area contributed by atoms with E-state index >= 15 is 0 Å². The second kappa shape index (κ2) is 3.31. The molecule has 0 saturated carbocycles. The van der Waals surface area contributed by atoms with Crippen LogP contribution in [0, 0.1) is 6.92 Å². The summed E-state index contributed by atoms with van der Waals surface area (Å²) in [6, 6.07) is 7.06. The van der Waals surface area contributed by atoms with Crippen LogP contribution in [-0.4, -0.2) is 11.3 Å². The fourth-order valence-electron chi connectivity index (χ4n) is 2.00. The van der Waals surface area contributed by atoms with Crippen molar-refractivity contribution in [1.82, 2.24) is 4.98 Å². The van der Waals surface area contributed by atoms with Gasteiger partial charge in [0.2, 0.25) is 0 Å². The Bertz CT molecular complexity index is 795. The summed E-state index contributed by atoms with van der Waals surface area (Å²) in [5, 5.41) is 1.22. The Hall–Kier alpha value is -2.36. The monoisotopic (exact) mass is 227 g/mol. The predicted molar refractivity (Wildman–Crippen MR) is 64.5 cm³/mol. The van der Waals surface area contributed by atoms with Crippen molar-refractivity contribution in [2.75, 3.05) is 0 Å². The lowest BCUT2D eigenvalue weighted by Crippen LogP contribution is -1.97. The number of aldehydes is 1. The first-order valence-corrected chi connectivity index (χ1v) is 5.20. The van der Waals surface area contributed by atoms with Crippen LogP contribution in [0.25, 0.3) is 21.9 Å².